The lowest BCUT2D eigenvalue weighted by molar-refractivity contribution is 0.0163. The van der Waals surface area contributed by atoms with Gasteiger partial charge in [0, 0.05) is 38.4 Å². The highest BCUT2D eigenvalue weighted by atomic mass is 19.3. The number of ether oxygens (including phenoxy) is 1. The molecule has 0 saturated carbocycles. The Labute approximate surface area is 134 Å². The van der Waals surface area contributed by atoms with E-state index < -0.39 is 6.55 Å². The Hall–Kier alpha value is -1.54. The topological polar surface area (TPSA) is 50.6 Å². The number of morpholine rings is 1. The summed E-state index contributed by atoms with van der Waals surface area (Å²) in [5.74, 6) is -0.248. The van der Waals surface area contributed by atoms with Crippen LogP contribution in [-0.2, 0) is 4.74 Å². The highest BCUT2D eigenvalue weighted by molar-refractivity contribution is 5.92. The molecule has 3 rings (SSSR count). The Morgan fingerprint density at radius 1 is 1.30 bits per heavy atom. The minimum absolute atomic E-state index is 0.0965. The lowest BCUT2D eigenvalue weighted by Gasteiger charge is -2.39. The third-order valence-electron chi connectivity index (χ3n) is 4.49. The molecular weight excluding hydrogens is 306 g/mol. The minimum atomic E-state index is -2.72. The number of nitrogens with zero attached hydrogens (tertiary/aromatic N) is 4. The van der Waals surface area contributed by atoms with Crippen LogP contribution in [0.4, 0.5) is 8.78 Å². The van der Waals surface area contributed by atoms with Crippen molar-refractivity contribution in [1.82, 2.24) is 19.6 Å². The summed E-state index contributed by atoms with van der Waals surface area (Å²) in [5, 5.41) is 3.71. The van der Waals surface area contributed by atoms with Crippen molar-refractivity contribution in [1.29, 1.82) is 0 Å². The third kappa shape index (κ3) is 3.87. The molecule has 2 aliphatic rings. The lowest BCUT2D eigenvalue weighted by atomic mass is 10.0. The van der Waals surface area contributed by atoms with Gasteiger partial charge in [-0.2, -0.15) is 13.9 Å². The molecule has 2 aliphatic heterocycles. The van der Waals surface area contributed by atoms with Crippen molar-refractivity contribution in [2.45, 2.75) is 31.9 Å². The van der Waals surface area contributed by atoms with Crippen LogP contribution < -0.4 is 0 Å². The molecule has 1 aromatic heterocycles. The maximum atomic E-state index is 12.6. The number of halogens is 2. The van der Waals surface area contributed by atoms with Gasteiger partial charge in [-0.05, 0) is 25.3 Å². The molecular formula is C15H22F2N4O2. The van der Waals surface area contributed by atoms with Gasteiger partial charge in [-0.3, -0.25) is 9.69 Å². The molecule has 23 heavy (non-hydrogen) atoms. The van der Waals surface area contributed by atoms with Gasteiger partial charge in [-0.15, -0.1) is 0 Å². The molecule has 0 aromatic carbocycles. The van der Waals surface area contributed by atoms with Crippen LogP contribution >= 0.6 is 0 Å². The van der Waals surface area contributed by atoms with Crippen LogP contribution in [0.5, 0.6) is 0 Å². The molecule has 0 spiro atoms. The van der Waals surface area contributed by atoms with E-state index in [2.05, 4.69) is 10.00 Å². The summed E-state index contributed by atoms with van der Waals surface area (Å²) in [6, 6.07) is 1.49. The number of hydrogen-bond donors (Lipinski definition) is 0. The number of likely N-dealkylation sites (tertiary alicyclic amines) is 1. The van der Waals surface area contributed by atoms with Gasteiger partial charge < -0.3 is 9.64 Å². The largest absolute Gasteiger partial charge is 0.379 e. The summed E-state index contributed by atoms with van der Waals surface area (Å²) >= 11 is 0. The number of aromatic nitrogens is 2. The number of piperidine rings is 1. The zero-order valence-electron chi connectivity index (χ0n) is 13.0. The molecule has 0 N–H and O–H groups in total. The normalized spacial score (nSPS) is 23.4. The van der Waals surface area contributed by atoms with Crippen molar-refractivity contribution in [2.24, 2.45) is 0 Å². The predicted octanol–water partition coefficient (Wildman–Crippen LogP) is 1.61. The van der Waals surface area contributed by atoms with Crippen LogP contribution in [-0.4, -0.2) is 70.9 Å². The molecule has 2 fully saturated rings. The van der Waals surface area contributed by atoms with E-state index >= 15 is 0 Å². The molecule has 1 atom stereocenters. The molecule has 0 radical (unpaired) electrons. The highest BCUT2D eigenvalue weighted by Crippen LogP contribution is 2.21. The van der Waals surface area contributed by atoms with Crippen molar-refractivity contribution in [3.63, 3.8) is 0 Å². The fraction of sp³-hybridized carbons (Fsp3) is 0.733. The van der Waals surface area contributed by atoms with Crippen LogP contribution in [0.25, 0.3) is 0 Å². The van der Waals surface area contributed by atoms with Crippen molar-refractivity contribution in [3.05, 3.63) is 18.0 Å². The van der Waals surface area contributed by atoms with Crippen LogP contribution in [0.15, 0.2) is 12.3 Å². The maximum absolute atomic E-state index is 12.6. The van der Waals surface area contributed by atoms with Crippen LogP contribution in [0.1, 0.15) is 36.3 Å². The molecule has 1 amide bonds. The SMILES string of the molecule is O=C(c1ccn(C(F)F)n1)N1CCCCC1CN1CCOCC1. The Morgan fingerprint density at radius 3 is 2.78 bits per heavy atom. The zero-order valence-corrected chi connectivity index (χ0v) is 13.0. The van der Waals surface area contributed by atoms with E-state index in [1.807, 2.05) is 0 Å². The first-order valence-corrected chi connectivity index (χ1v) is 8.09. The smallest absolute Gasteiger partial charge is 0.333 e. The Bertz CT molecular complexity index is 531. The van der Waals surface area contributed by atoms with E-state index in [1.165, 1.54) is 6.07 Å². The van der Waals surface area contributed by atoms with Gasteiger partial charge in [0.05, 0.1) is 13.2 Å². The summed E-state index contributed by atoms with van der Waals surface area (Å²) < 4.78 is 31.1. The molecule has 0 bridgehead atoms. The van der Waals surface area contributed by atoms with Crippen molar-refractivity contribution in [3.8, 4) is 0 Å². The van der Waals surface area contributed by atoms with Gasteiger partial charge in [-0.25, -0.2) is 4.68 Å². The fourth-order valence-corrected chi connectivity index (χ4v) is 3.25. The molecule has 128 valence electrons. The molecule has 0 aliphatic carbocycles. The first-order chi connectivity index (χ1) is 11.1. The van der Waals surface area contributed by atoms with Crippen LogP contribution in [0.2, 0.25) is 0 Å². The van der Waals surface area contributed by atoms with Gasteiger partial charge in [0.15, 0.2) is 5.69 Å². The van der Waals surface area contributed by atoms with Crippen molar-refractivity contribution in [2.75, 3.05) is 39.4 Å². The van der Waals surface area contributed by atoms with E-state index in [-0.39, 0.29) is 17.6 Å². The molecule has 6 nitrogen and oxygen atoms in total. The van der Waals surface area contributed by atoms with Crippen molar-refractivity contribution >= 4 is 5.91 Å². The van der Waals surface area contributed by atoms with Crippen LogP contribution in [0.3, 0.4) is 0 Å². The average Bonchev–Trinajstić information content (AvgIpc) is 3.06. The van der Waals surface area contributed by atoms with Crippen molar-refractivity contribution < 1.29 is 18.3 Å². The molecule has 2 saturated heterocycles. The Kier molecular flexibility index (Phi) is 5.22. The Balaban J connectivity index is 1.67. The number of rotatable bonds is 4. The summed E-state index contributed by atoms with van der Waals surface area (Å²) in [6.45, 7) is 1.94. The average molecular weight is 328 g/mol. The molecule has 1 unspecified atom stereocenters. The standard InChI is InChI=1S/C15H22F2N4O2/c16-15(17)21-6-4-13(18-21)14(22)20-5-2-1-3-12(20)11-19-7-9-23-10-8-19/h4,6,12,15H,1-3,5,7-11H2. The summed E-state index contributed by atoms with van der Waals surface area (Å²) in [5.41, 5.74) is 0.0965. The van der Waals surface area contributed by atoms with E-state index in [9.17, 15) is 13.6 Å². The number of carbonyl (C=O) groups excluding carboxylic acids is 1. The van der Waals surface area contributed by atoms with E-state index in [0.717, 1.165) is 58.3 Å². The predicted molar refractivity (Wildman–Crippen MR) is 79.4 cm³/mol. The second kappa shape index (κ2) is 7.35. The number of carbonyl (C=O) groups is 1. The second-order valence-corrected chi connectivity index (χ2v) is 6.02. The second-order valence-electron chi connectivity index (χ2n) is 6.02. The van der Waals surface area contributed by atoms with Gasteiger partial charge >= 0.3 is 6.55 Å². The first kappa shape index (κ1) is 16.3. The highest BCUT2D eigenvalue weighted by Gasteiger charge is 2.30. The Morgan fingerprint density at radius 2 is 2.09 bits per heavy atom. The lowest BCUT2D eigenvalue weighted by Crippen LogP contribution is -2.51. The number of hydrogen-bond acceptors (Lipinski definition) is 4. The monoisotopic (exact) mass is 328 g/mol. The quantitative estimate of drug-likeness (QED) is 0.842. The molecule has 3 heterocycles. The van der Waals surface area contributed by atoms with Gasteiger partial charge in [0.1, 0.15) is 0 Å². The molecule has 8 heteroatoms. The fourth-order valence-electron chi connectivity index (χ4n) is 3.25. The first-order valence-electron chi connectivity index (χ1n) is 8.09. The summed E-state index contributed by atoms with van der Waals surface area (Å²) in [4.78, 5) is 16.8. The zero-order chi connectivity index (χ0) is 16.2. The minimum Gasteiger partial charge on any atom is -0.379 e. The van der Waals surface area contributed by atoms with Gasteiger partial charge in [0.2, 0.25) is 0 Å². The van der Waals surface area contributed by atoms with Crippen LogP contribution in [0, 0.1) is 0 Å². The molecule has 1 aromatic rings. The summed E-state index contributed by atoms with van der Waals surface area (Å²) in [6.07, 6.45) is 4.13. The van der Waals surface area contributed by atoms with E-state index in [4.69, 9.17) is 4.74 Å². The van der Waals surface area contributed by atoms with E-state index in [0.29, 0.717) is 11.2 Å². The van der Waals surface area contributed by atoms with Gasteiger partial charge in [0.25, 0.3) is 5.91 Å². The number of alkyl halides is 2. The maximum Gasteiger partial charge on any atom is 0.333 e. The summed E-state index contributed by atoms with van der Waals surface area (Å²) in [7, 11) is 0. The van der Waals surface area contributed by atoms with E-state index in [1.54, 1.807) is 4.90 Å². The van der Waals surface area contributed by atoms with Gasteiger partial charge in [-0.1, -0.05) is 0 Å². The number of amides is 1. The third-order valence-corrected chi connectivity index (χ3v) is 4.49.